The van der Waals surface area contributed by atoms with Crippen LogP contribution in [-0.4, -0.2) is 47.1 Å². The van der Waals surface area contributed by atoms with Gasteiger partial charge in [0.25, 0.3) is 0 Å². The van der Waals surface area contributed by atoms with E-state index in [0.29, 0.717) is 12.0 Å². The first-order valence-corrected chi connectivity index (χ1v) is 5.34. The van der Waals surface area contributed by atoms with E-state index in [0.717, 1.165) is 6.07 Å². The third-order valence-corrected chi connectivity index (χ3v) is 2.34. The highest BCUT2D eigenvalue weighted by molar-refractivity contribution is 5.94. The van der Waals surface area contributed by atoms with Gasteiger partial charge in [0, 0.05) is 0 Å². The highest BCUT2D eigenvalue weighted by Gasteiger charge is 2.13. The summed E-state index contributed by atoms with van der Waals surface area (Å²) in [5, 5.41) is 26.3. The van der Waals surface area contributed by atoms with Crippen LogP contribution in [0.5, 0.6) is 0 Å². The first kappa shape index (κ1) is 14.1. The summed E-state index contributed by atoms with van der Waals surface area (Å²) in [6.45, 7) is 0.368. The average molecular weight is 254 g/mol. The third-order valence-electron chi connectivity index (χ3n) is 2.34. The van der Waals surface area contributed by atoms with Crippen LogP contribution in [0.3, 0.4) is 0 Å². The number of carboxylic acid groups (broad SMARTS) is 2. The summed E-state index contributed by atoms with van der Waals surface area (Å²) in [5.74, 6) is -2.34. The van der Waals surface area contributed by atoms with Gasteiger partial charge in [-0.3, -0.25) is 0 Å². The van der Waals surface area contributed by atoms with Crippen molar-refractivity contribution in [3.05, 3.63) is 34.9 Å². The molecule has 1 rings (SSSR count). The molecule has 0 heterocycles. The lowest BCUT2D eigenvalue weighted by atomic mass is 10.0. The van der Waals surface area contributed by atoms with Crippen molar-refractivity contribution in [1.29, 1.82) is 0 Å². The fourth-order valence-electron chi connectivity index (χ4n) is 1.48. The number of carbonyl (C=O) groups is 2. The lowest BCUT2D eigenvalue weighted by Gasteiger charge is -2.07. The van der Waals surface area contributed by atoms with Crippen molar-refractivity contribution in [1.82, 2.24) is 0 Å². The molecule has 6 heteroatoms. The second-order valence-electron chi connectivity index (χ2n) is 3.57. The minimum Gasteiger partial charge on any atom is -0.478 e. The van der Waals surface area contributed by atoms with Crippen LogP contribution in [0.15, 0.2) is 18.2 Å². The zero-order chi connectivity index (χ0) is 13.5. The van der Waals surface area contributed by atoms with Gasteiger partial charge in [0.15, 0.2) is 0 Å². The molecule has 0 fully saturated rings. The molecule has 1 aromatic rings. The van der Waals surface area contributed by atoms with E-state index in [9.17, 15) is 9.59 Å². The topological polar surface area (TPSA) is 104 Å². The van der Waals surface area contributed by atoms with Gasteiger partial charge in [-0.15, -0.1) is 0 Å². The molecule has 0 saturated carbocycles. The van der Waals surface area contributed by atoms with Crippen LogP contribution in [-0.2, 0) is 11.2 Å². The summed E-state index contributed by atoms with van der Waals surface area (Å²) in [6, 6.07) is 3.96. The maximum absolute atomic E-state index is 11.0. The maximum atomic E-state index is 11.0. The molecule has 0 radical (unpaired) electrons. The summed E-state index contributed by atoms with van der Waals surface area (Å²) in [6.07, 6.45) is 0.349. The van der Waals surface area contributed by atoms with Crippen molar-refractivity contribution >= 4 is 11.9 Å². The molecule has 0 aliphatic carbocycles. The summed E-state index contributed by atoms with van der Waals surface area (Å²) in [4.78, 5) is 21.8. The Morgan fingerprint density at radius 1 is 1.11 bits per heavy atom. The van der Waals surface area contributed by atoms with Crippen molar-refractivity contribution in [3.8, 4) is 0 Å². The van der Waals surface area contributed by atoms with E-state index in [1.165, 1.54) is 12.1 Å². The molecule has 0 atom stereocenters. The summed E-state index contributed by atoms with van der Waals surface area (Å²) in [7, 11) is 0. The van der Waals surface area contributed by atoms with Gasteiger partial charge < -0.3 is 20.1 Å². The van der Waals surface area contributed by atoms with Crippen molar-refractivity contribution in [2.24, 2.45) is 0 Å². The number of hydrogen-bond acceptors (Lipinski definition) is 4. The van der Waals surface area contributed by atoms with Crippen LogP contribution in [0, 0.1) is 0 Å². The van der Waals surface area contributed by atoms with Crippen molar-refractivity contribution in [3.63, 3.8) is 0 Å². The molecule has 0 unspecified atom stereocenters. The molecule has 0 amide bonds. The zero-order valence-electron chi connectivity index (χ0n) is 9.63. The van der Waals surface area contributed by atoms with Gasteiger partial charge in [-0.05, 0) is 24.1 Å². The minimum absolute atomic E-state index is 0.0394. The quantitative estimate of drug-likeness (QED) is 0.617. The van der Waals surface area contributed by atoms with Gasteiger partial charge in [-0.1, -0.05) is 6.07 Å². The predicted octanol–water partition coefficient (Wildman–Crippen LogP) is 0.634. The molecule has 0 aliphatic heterocycles. The van der Waals surface area contributed by atoms with E-state index in [-0.39, 0.29) is 30.9 Å². The van der Waals surface area contributed by atoms with Crippen molar-refractivity contribution < 1.29 is 29.6 Å². The number of carboxylic acids is 2. The second-order valence-corrected chi connectivity index (χ2v) is 3.57. The van der Waals surface area contributed by atoms with Crippen LogP contribution >= 0.6 is 0 Å². The molecule has 0 saturated heterocycles. The Morgan fingerprint density at radius 2 is 1.83 bits per heavy atom. The molecule has 18 heavy (non-hydrogen) atoms. The Labute approximate surface area is 103 Å². The predicted molar refractivity (Wildman–Crippen MR) is 62.0 cm³/mol. The van der Waals surface area contributed by atoms with E-state index in [4.69, 9.17) is 20.1 Å². The maximum Gasteiger partial charge on any atom is 0.335 e. The number of aliphatic hydroxyl groups excluding tert-OH is 1. The van der Waals surface area contributed by atoms with Gasteiger partial charge in [-0.25, -0.2) is 9.59 Å². The number of aliphatic hydroxyl groups is 1. The molecular weight excluding hydrogens is 240 g/mol. The van der Waals surface area contributed by atoms with E-state index in [2.05, 4.69) is 0 Å². The molecule has 98 valence electrons. The van der Waals surface area contributed by atoms with Crippen molar-refractivity contribution in [2.75, 3.05) is 19.8 Å². The monoisotopic (exact) mass is 254 g/mol. The Kier molecular flexibility index (Phi) is 5.29. The van der Waals surface area contributed by atoms with Crippen LogP contribution in [0.25, 0.3) is 0 Å². The first-order valence-electron chi connectivity index (χ1n) is 5.34. The van der Waals surface area contributed by atoms with Crippen LogP contribution in [0.4, 0.5) is 0 Å². The summed E-state index contributed by atoms with van der Waals surface area (Å²) < 4.78 is 5.04. The van der Waals surface area contributed by atoms with E-state index in [1.54, 1.807) is 0 Å². The number of ether oxygens (including phenoxy) is 1. The second kappa shape index (κ2) is 6.73. The molecule has 6 nitrogen and oxygen atoms in total. The number of hydrogen-bond donors (Lipinski definition) is 3. The summed E-state index contributed by atoms with van der Waals surface area (Å²) >= 11 is 0. The minimum atomic E-state index is -1.17. The Balaban J connectivity index is 2.83. The number of aromatic carboxylic acids is 2. The largest absolute Gasteiger partial charge is 0.478 e. The highest BCUT2D eigenvalue weighted by Crippen LogP contribution is 2.13. The molecule has 0 aromatic heterocycles. The lowest BCUT2D eigenvalue weighted by molar-refractivity contribution is 0.0693. The van der Waals surface area contributed by atoms with E-state index < -0.39 is 11.9 Å². The standard InChI is InChI=1S/C12H14O6/c13-4-6-18-5-3-8-1-2-9(11(14)15)7-10(8)12(16)17/h1-2,7,13H,3-6H2,(H,14,15)(H,16,17). The SMILES string of the molecule is O=C(O)c1ccc(CCOCCO)c(C(=O)O)c1. The Bertz CT molecular complexity index is 440. The lowest BCUT2D eigenvalue weighted by Crippen LogP contribution is -2.09. The third kappa shape index (κ3) is 3.83. The molecule has 3 N–H and O–H groups in total. The van der Waals surface area contributed by atoms with Crippen LogP contribution < -0.4 is 0 Å². The van der Waals surface area contributed by atoms with Gasteiger partial charge in [0.2, 0.25) is 0 Å². The van der Waals surface area contributed by atoms with Gasteiger partial charge in [0.05, 0.1) is 30.9 Å². The molecular formula is C12H14O6. The van der Waals surface area contributed by atoms with E-state index >= 15 is 0 Å². The first-order chi connectivity index (χ1) is 8.56. The Morgan fingerprint density at radius 3 is 2.39 bits per heavy atom. The average Bonchev–Trinajstić information content (AvgIpc) is 2.34. The fourth-order valence-corrected chi connectivity index (χ4v) is 1.48. The van der Waals surface area contributed by atoms with E-state index in [1.807, 2.05) is 0 Å². The number of benzene rings is 1. The summed E-state index contributed by atoms with van der Waals surface area (Å²) in [5.41, 5.74) is 0.403. The van der Waals surface area contributed by atoms with Gasteiger partial charge >= 0.3 is 11.9 Å². The van der Waals surface area contributed by atoms with Crippen molar-refractivity contribution in [2.45, 2.75) is 6.42 Å². The van der Waals surface area contributed by atoms with Gasteiger partial charge in [0.1, 0.15) is 0 Å². The molecule has 1 aromatic carbocycles. The zero-order valence-corrected chi connectivity index (χ0v) is 9.63. The Hall–Kier alpha value is -1.92. The molecule has 0 bridgehead atoms. The normalized spacial score (nSPS) is 10.3. The molecule has 0 spiro atoms. The smallest absolute Gasteiger partial charge is 0.335 e. The van der Waals surface area contributed by atoms with Crippen LogP contribution in [0.2, 0.25) is 0 Å². The van der Waals surface area contributed by atoms with Gasteiger partial charge in [-0.2, -0.15) is 0 Å². The van der Waals surface area contributed by atoms with Crippen LogP contribution in [0.1, 0.15) is 26.3 Å². The highest BCUT2D eigenvalue weighted by atomic mass is 16.5. The fraction of sp³-hybridized carbons (Fsp3) is 0.333. The molecule has 0 aliphatic rings. The number of rotatable bonds is 7.